The number of hydrogen-bond donors (Lipinski definition) is 2. The van der Waals surface area contributed by atoms with Crippen LogP contribution in [0.25, 0.3) is 22.6 Å². The van der Waals surface area contributed by atoms with Crippen LogP contribution in [0.2, 0.25) is 0 Å². The summed E-state index contributed by atoms with van der Waals surface area (Å²) in [5.41, 5.74) is 2.86. The third kappa shape index (κ3) is 5.85. The standard InChI is InChI=1S/C22H25N3O3S/c1-27-13-7-12-23-19(26)15-29-22-20(16-8-4-3-5-9-16)24-21(25-22)17-10-6-11-18(14-17)28-2/h3-6,8-11,14H,7,12-13,15H2,1-2H3,(H,23,26)(H,24,25). The number of aromatic amines is 1. The van der Waals surface area contributed by atoms with Crippen molar-refractivity contribution in [2.45, 2.75) is 11.4 Å². The number of thioether (sulfide) groups is 1. The lowest BCUT2D eigenvalue weighted by atomic mass is 10.2. The fourth-order valence-electron chi connectivity index (χ4n) is 2.80. The molecule has 0 saturated heterocycles. The molecule has 0 fully saturated rings. The van der Waals surface area contributed by atoms with E-state index in [9.17, 15) is 4.79 Å². The van der Waals surface area contributed by atoms with Gasteiger partial charge in [0.15, 0.2) is 0 Å². The highest BCUT2D eigenvalue weighted by Gasteiger charge is 2.15. The zero-order valence-corrected chi connectivity index (χ0v) is 17.4. The van der Waals surface area contributed by atoms with Gasteiger partial charge in [-0.2, -0.15) is 0 Å². The number of ether oxygens (including phenoxy) is 2. The van der Waals surface area contributed by atoms with Gasteiger partial charge in [0.05, 0.1) is 18.6 Å². The number of imidazole rings is 1. The molecule has 0 spiro atoms. The van der Waals surface area contributed by atoms with Gasteiger partial charge in [-0.1, -0.05) is 54.2 Å². The molecule has 0 aliphatic carbocycles. The van der Waals surface area contributed by atoms with Crippen molar-refractivity contribution in [2.75, 3.05) is 33.1 Å². The monoisotopic (exact) mass is 411 g/mol. The molecule has 3 rings (SSSR count). The van der Waals surface area contributed by atoms with Crippen LogP contribution in [0.5, 0.6) is 5.75 Å². The summed E-state index contributed by atoms with van der Waals surface area (Å²) in [6.45, 7) is 1.24. The molecule has 6 nitrogen and oxygen atoms in total. The zero-order chi connectivity index (χ0) is 20.5. The first-order valence-electron chi connectivity index (χ1n) is 9.39. The largest absolute Gasteiger partial charge is 0.497 e. The average Bonchev–Trinajstić information content (AvgIpc) is 3.20. The molecule has 0 unspecified atom stereocenters. The molecule has 29 heavy (non-hydrogen) atoms. The molecule has 3 aromatic rings. The van der Waals surface area contributed by atoms with Crippen LogP contribution in [-0.4, -0.2) is 49.0 Å². The molecule has 1 aromatic heterocycles. The van der Waals surface area contributed by atoms with Gasteiger partial charge in [0.1, 0.15) is 16.6 Å². The maximum atomic E-state index is 12.2. The Balaban J connectivity index is 1.79. The summed E-state index contributed by atoms with van der Waals surface area (Å²) in [6, 6.07) is 17.7. The first-order chi connectivity index (χ1) is 14.2. The molecule has 7 heteroatoms. The predicted molar refractivity (Wildman–Crippen MR) is 116 cm³/mol. The Labute approximate surface area is 175 Å². The molecule has 1 amide bonds. The Hall–Kier alpha value is -2.77. The Bertz CT molecular complexity index is 928. The topological polar surface area (TPSA) is 76.2 Å². The summed E-state index contributed by atoms with van der Waals surface area (Å²) >= 11 is 1.42. The molecule has 0 atom stereocenters. The highest BCUT2D eigenvalue weighted by Crippen LogP contribution is 2.33. The molecule has 0 saturated carbocycles. The minimum atomic E-state index is -0.0176. The van der Waals surface area contributed by atoms with E-state index >= 15 is 0 Å². The number of carbonyl (C=O) groups excluding carboxylic acids is 1. The first-order valence-corrected chi connectivity index (χ1v) is 10.4. The van der Waals surface area contributed by atoms with Gasteiger partial charge in [-0.05, 0) is 18.6 Å². The van der Waals surface area contributed by atoms with E-state index in [1.54, 1.807) is 14.2 Å². The van der Waals surface area contributed by atoms with Crippen molar-refractivity contribution in [1.82, 2.24) is 15.3 Å². The minimum absolute atomic E-state index is 0.0176. The maximum Gasteiger partial charge on any atom is 0.230 e. The van der Waals surface area contributed by atoms with E-state index in [4.69, 9.17) is 14.5 Å². The van der Waals surface area contributed by atoms with Gasteiger partial charge in [-0.3, -0.25) is 4.79 Å². The van der Waals surface area contributed by atoms with Crippen LogP contribution in [0.3, 0.4) is 0 Å². The Morgan fingerprint density at radius 3 is 2.66 bits per heavy atom. The van der Waals surface area contributed by atoms with E-state index < -0.39 is 0 Å². The average molecular weight is 412 g/mol. The molecular weight excluding hydrogens is 386 g/mol. The van der Waals surface area contributed by atoms with Crippen LogP contribution in [-0.2, 0) is 9.53 Å². The molecule has 1 heterocycles. The molecule has 0 aliphatic heterocycles. The summed E-state index contributed by atoms with van der Waals surface area (Å²) in [5, 5.41) is 3.70. The zero-order valence-electron chi connectivity index (χ0n) is 16.6. The Morgan fingerprint density at radius 2 is 1.90 bits per heavy atom. The van der Waals surface area contributed by atoms with Crippen molar-refractivity contribution in [3.63, 3.8) is 0 Å². The van der Waals surface area contributed by atoms with Crippen molar-refractivity contribution >= 4 is 17.7 Å². The fourth-order valence-corrected chi connectivity index (χ4v) is 3.64. The second-order valence-electron chi connectivity index (χ2n) is 6.35. The quantitative estimate of drug-likeness (QED) is 0.390. The molecule has 0 aliphatic rings. The Morgan fingerprint density at radius 1 is 1.10 bits per heavy atom. The number of H-pyrrole nitrogens is 1. The summed E-state index contributed by atoms with van der Waals surface area (Å²) < 4.78 is 10.3. The van der Waals surface area contributed by atoms with Gasteiger partial charge < -0.3 is 19.8 Å². The first kappa shape index (κ1) is 21.0. The summed E-state index contributed by atoms with van der Waals surface area (Å²) in [6.07, 6.45) is 0.796. The van der Waals surface area contributed by atoms with Crippen molar-refractivity contribution < 1.29 is 14.3 Å². The molecule has 2 aromatic carbocycles. The van der Waals surface area contributed by atoms with Crippen molar-refractivity contribution in [3.05, 3.63) is 54.6 Å². The number of benzene rings is 2. The molecule has 0 radical (unpaired) electrons. The fraction of sp³-hybridized carbons (Fsp3) is 0.273. The third-order valence-electron chi connectivity index (χ3n) is 4.26. The molecule has 152 valence electrons. The highest BCUT2D eigenvalue weighted by molar-refractivity contribution is 8.00. The number of hydrogen-bond acceptors (Lipinski definition) is 5. The molecule has 2 N–H and O–H groups in total. The van der Waals surface area contributed by atoms with Crippen LogP contribution < -0.4 is 10.1 Å². The molecule has 0 bridgehead atoms. The van der Waals surface area contributed by atoms with Crippen LogP contribution in [0.15, 0.2) is 59.6 Å². The van der Waals surface area contributed by atoms with E-state index in [-0.39, 0.29) is 5.91 Å². The summed E-state index contributed by atoms with van der Waals surface area (Å²) in [5.74, 6) is 1.79. The van der Waals surface area contributed by atoms with Crippen LogP contribution in [0, 0.1) is 0 Å². The number of nitrogens with one attached hydrogen (secondary N) is 2. The summed E-state index contributed by atoms with van der Waals surface area (Å²) in [4.78, 5) is 20.3. The van der Waals surface area contributed by atoms with Gasteiger partial charge in [0.2, 0.25) is 5.91 Å². The van der Waals surface area contributed by atoms with E-state index in [0.29, 0.717) is 18.9 Å². The lowest BCUT2D eigenvalue weighted by Gasteiger charge is -2.05. The van der Waals surface area contributed by atoms with Crippen molar-refractivity contribution in [3.8, 4) is 28.4 Å². The second-order valence-corrected chi connectivity index (χ2v) is 7.31. The normalized spacial score (nSPS) is 10.7. The van der Waals surface area contributed by atoms with E-state index in [1.807, 2.05) is 54.6 Å². The van der Waals surface area contributed by atoms with Gasteiger partial charge >= 0.3 is 0 Å². The van der Waals surface area contributed by atoms with E-state index in [0.717, 1.165) is 39.8 Å². The SMILES string of the molecule is COCCCNC(=O)CSc1nc(-c2cccc(OC)c2)[nH]c1-c1ccccc1. The second kappa shape index (κ2) is 10.7. The minimum Gasteiger partial charge on any atom is -0.497 e. The predicted octanol–water partition coefficient (Wildman–Crippen LogP) is 4.00. The third-order valence-corrected chi connectivity index (χ3v) is 5.24. The van der Waals surface area contributed by atoms with Crippen LogP contribution in [0.1, 0.15) is 6.42 Å². The molecular formula is C22H25N3O3S. The number of rotatable bonds is 10. The Kier molecular flexibility index (Phi) is 7.72. The number of methoxy groups -OCH3 is 2. The number of nitrogens with zero attached hydrogens (tertiary/aromatic N) is 1. The lowest BCUT2D eigenvalue weighted by Crippen LogP contribution is -2.26. The van der Waals surface area contributed by atoms with Crippen molar-refractivity contribution in [1.29, 1.82) is 0 Å². The number of aromatic nitrogens is 2. The van der Waals surface area contributed by atoms with Crippen LogP contribution in [0.4, 0.5) is 0 Å². The lowest BCUT2D eigenvalue weighted by molar-refractivity contribution is -0.118. The number of carbonyl (C=O) groups is 1. The van der Waals surface area contributed by atoms with Gasteiger partial charge in [0.25, 0.3) is 0 Å². The smallest absolute Gasteiger partial charge is 0.230 e. The van der Waals surface area contributed by atoms with E-state index in [2.05, 4.69) is 10.3 Å². The van der Waals surface area contributed by atoms with Crippen molar-refractivity contribution in [2.24, 2.45) is 0 Å². The number of amides is 1. The van der Waals surface area contributed by atoms with E-state index in [1.165, 1.54) is 11.8 Å². The highest BCUT2D eigenvalue weighted by atomic mass is 32.2. The maximum absolute atomic E-state index is 12.2. The summed E-state index contributed by atoms with van der Waals surface area (Å²) in [7, 11) is 3.30. The van der Waals surface area contributed by atoms with Gasteiger partial charge in [0, 0.05) is 31.4 Å². The van der Waals surface area contributed by atoms with Gasteiger partial charge in [-0.15, -0.1) is 0 Å². The van der Waals surface area contributed by atoms with Crippen LogP contribution >= 0.6 is 11.8 Å². The van der Waals surface area contributed by atoms with Gasteiger partial charge in [-0.25, -0.2) is 4.98 Å².